The van der Waals surface area contributed by atoms with Crippen LogP contribution in [0.2, 0.25) is 0 Å². The van der Waals surface area contributed by atoms with Gasteiger partial charge in [0.25, 0.3) is 5.91 Å². The lowest BCUT2D eigenvalue weighted by molar-refractivity contribution is 0.102. The number of hydrogen-bond donors (Lipinski definition) is 2. The van der Waals surface area contributed by atoms with E-state index in [9.17, 15) is 4.79 Å². The monoisotopic (exact) mass is 333 g/mol. The maximum absolute atomic E-state index is 12.4. The van der Waals surface area contributed by atoms with E-state index in [1.165, 1.54) is 0 Å². The molecule has 0 saturated heterocycles. The van der Waals surface area contributed by atoms with Gasteiger partial charge in [-0.15, -0.1) is 0 Å². The van der Waals surface area contributed by atoms with E-state index in [-0.39, 0.29) is 5.91 Å². The van der Waals surface area contributed by atoms with Gasteiger partial charge in [0, 0.05) is 23.4 Å². The third-order valence-electron chi connectivity index (χ3n) is 3.19. The zero-order valence-electron chi connectivity index (χ0n) is 11.6. The van der Waals surface area contributed by atoms with E-state index in [2.05, 4.69) is 31.5 Å². The first kappa shape index (κ1) is 14.5. The average molecular weight is 334 g/mol. The number of aryl methyl sites for hydroxylation is 1. The Bertz CT molecular complexity index is 656. The van der Waals surface area contributed by atoms with Gasteiger partial charge in [0.2, 0.25) is 0 Å². The Morgan fingerprint density at radius 2 is 2.05 bits per heavy atom. The molecular weight excluding hydrogens is 318 g/mol. The molecule has 0 aliphatic heterocycles. The molecule has 0 unspecified atom stereocenters. The first-order valence-electron chi connectivity index (χ1n) is 6.23. The maximum atomic E-state index is 12.4. The van der Waals surface area contributed by atoms with Crippen molar-refractivity contribution in [2.24, 2.45) is 0 Å². The quantitative estimate of drug-likeness (QED) is 0.899. The van der Waals surface area contributed by atoms with E-state index in [1.54, 1.807) is 19.3 Å². The number of hydrogen-bond acceptors (Lipinski definition) is 3. The molecule has 4 nitrogen and oxygen atoms in total. The van der Waals surface area contributed by atoms with Crippen molar-refractivity contribution in [3.8, 4) is 0 Å². The fraction of sp³-hybridized carbons (Fsp3) is 0.200. The van der Waals surface area contributed by atoms with E-state index in [4.69, 9.17) is 0 Å². The maximum Gasteiger partial charge on any atom is 0.259 e. The second-order valence-corrected chi connectivity index (χ2v) is 5.42. The van der Waals surface area contributed by atoms with Crippen molar-refractivity contribution < 1.29 is 4.79 Å². The van der Waals surface area contributed by atoms with Crippen LogP contribution in [0.15, 0.2) is 34.9 Å². The van der Waals surface area contributed by atoms with Crippen molar-refractivity contribution in [3.05, 3.63) is 51.6 Å². The van der Waals surface area contributed by atoms with Crippen molar-refractivity contribution in [2.75, 3.05) is 17.7 Å². The molecule has 20 heavy (non-hydrogen) atoms. The van der Waals surface area contributed by atoms with Gasteiger partial charge >= 0.3 is 0 Å². The Labute approximate surface area is 126 Å². The largest absolute Gasteiger partial charge is 0.372 e. The van der Waals surface area contributed by atoms with E-state index < -0.39 is 0 Å². The second-order valence-electron chi connectivity index (χ2n) is 4.50. The molecule has 2 rings (SSSR count). The van der Waals surface area contributed by atoms with Gasteiger partial charge in [-0.3, -0.25) is 4.79 Å². The van der Waals surface area contributed by atoms with Crippen LogP contribution in [-0.4, -0.2) is 17.9 Å². The van der Waals surface area contributed by atoms with Gasteiger partial charge in [-0.1, -0.05) is 12.1 Å². The Hall–Kier alpha value is -1.88. The number of amides is 1. The highest BCUT2D eigenvalue weighted by Gasteiger charge is 2.14. The number of halogens is 1. The van der Waals surface area contributed by atoms with Gasteiger partial charge < -0.3 is 10.6 Å². The summed E-state index contributed by atoms with van der Waals surface area (Å²) in [6, 6.07) is 7.59. The number of pyridine rings is 1. The Balaban J connectivity index is 2.33. The lowest BCUT2D eigenvalue weighted by Crippen LogP contribution is -2.15. The summed E-state index contributed by atoms with van der Waals surface area (Å²) >= 11 is 3.34. The van der Waals surface area contributed by atoms with E-state index >= 15 is 0 Å². The number of nitrogens with one attached hydrogen (secondary N) is 2. The highest BCUT2D eigenvalue weighted by molar-refractivity contribution is 9.10. The number of anilines is 2. The molecule has 0 spiro atoms. The summed E-state index contributed by atoms with van der Waals surface area (Å²) in [5.74, 6) is 0.368. The summed E-state index contributed by atoms with van der Waals surface area (Å²) in [4.78, 5) is 16.6. The van der Waals surface area contributed by atoms with Crippen LogP contribution in [0.3, 0.4) is 0 Å². The van der Waals surface area contributed by atoms with Crippen LogP contribution in [-0.2, 0) is 0 Å². The minimum absolute atomic E-state index is 0.183. The van der Waals surface area contributed by atoms with Crippen molar-refractivity contribution in [2.45, 2.75) is 13.8 Å². The standard InChI is InChI=1S/C15H16BrN3O/c1-9-5-4-6-13(10(9)2)19-15(20)12-7-11(16)8-18-14(12)17-3/h4-8H,1-3H3,(H,17,18)(H,19,20). The molecule has 1 aromatic carbocycles. The lowest BCUT2D eigenvalue weighted by Gasteiger charge is -2.12. The number of carbonyl (C=O) groups excluding carboxylic acids is 1. The SMILES string of the molecule is CNc1ncc(Br)cc1C(=O)Nc1cccc(C)c1C. The number of nitrogens with zero attached hydrogens (tertiary/aromatic N) is 1. The van der Waals surface area contributed by atoms with Crippen LogP contribution in [0.5, 0.6) is 0 Å². The molecule has 0 atom stereocenters. The summed E-state index contributed by atoms with van der Waals surface area (Å²) in [6.07, 6.45) is 1.65. The number of benzene rings is 1. The molecule has 0 saturated carbocycles. The predicted octanol–water partition coefficient (Wildman–Crippen LogP) is 3.75. The Morgan fingerprint density at radius 3 is 2.75 bits per heavy atom. The minimum atomic E-state index is -0.183. The molecule has 0 fully saturated rings. The fourth-order valence-corrected chi connectivity index (χ4v) is 2.22. The van der Waals surface area contributed by atoms with E-state index in [0.717, 1.165) is 21.3 Å². The van der Waals surface area contributed by atoms with Gasteiger partial charge in [0.1, 0.15) is 5.82 Å². The highest BCUT2D eigenvalue weighted by atomic mass is 79.9. The van der Waals surface area contributed by atoms with Crippen molar-refractivity contribution in [1.82, 2.24) is 4.98 Å². The normalized spacial score (nSPS) is 10.2. The number of carbonyl (C=O) groups is 1. The molecule has 104 valence electrons. The first-order valence-corrected chi connectivity index (χ1v) is 7.03. The zero-order chi connectivity index (χ0) is 14.7. The Morgan fingerprint density at radius 1 is 1.30 bits per heavy atom. The van der Waals surface area contributed by atoms with Crippen LogP contribution in [0.4, 0.5) is 11.5 Å². The van der Waals surface area contributed by atoms with Crippen molar-refractivity contribution >= 4 is 33.3 Å². The fourth-order valence-electron chi connectivity index (χ4n) is 1.89. The van der Waals surface area contributed by atoms with Gasteiger partial charge in [-0.25, -0.2) is 4.98 Å². The molecule has 5 heteroatoms. The van der Waals surface area contributed by atoms with Crippen LogP contribution in [0, 0.1) is 13.8 Å². The molecule has 0 radical (unpaired) electrons. The van der Waals surface area contributed by atoms with Crippen molar-refractivity contribution in [1.29, 1.82) is 0 Å². The molecule has 0 aliphatic carbocycles. The summed E-state index contributed by atoms with van der Waals surface area (Å²) in [6.45, 7) is 4.01. The summed E-state index contributed by atoms with van der Waals surface area (Å²) in [5.41, 5.74) is 3.53. The van der Waals surface area contributed by atoms with Gasteiger partial charge in [0.15, 0.2) is 0 Å². The molecule has 1 heterocycles. The molecule has 1 amide bonds. The molecule has 2 N–H and O–H groups in total. The first-order chi connectivity index (χ1) is 9.52. The van der Waals surface area contributed by atoms with Crippen LogP contribution < -0.4 is 10.6 Å². The summed E-state index contributed by atoms with van der Waals surface area (Å²) in [7, 11) is 1.74. The summed E-state index contributed by atoms with van der Waals surface area (Å²) in [5, 5.41) is 5.85. The van der Waals surface area contributed by atoms with Gasteiger partial charge in [0.05, 0.1) is 5.56 Å². The van der Waals surface area contributed by atoms with Crippen molar-refractivity contribution in [3.63, 3.8) is 0 Å². The Kier molecular flexibility index (Phi) is 4.39. The molecule has 1 aromatic heterocycles. The number of rotatable bonds is 3. The second kappa shape index (κ2) is 6.05. The average Bonchev–Trinajstić information content (AvgIpc) is 2.43. The van der Waals surface area contributed by atoms with E-state index in [0.29, 0.717) is 11.4 Å². The van der Waals surface area contributed by atoms with Crippen LogP contribution in [0.25, 0.3) is 0 Å². The highest BCUT2D eigenvalue weighted by Crippen LogP contribution is 2.22. The van der Waals surface area contributed by atoms with Crippen LogP contribution >= 0.6 is 15.9 Å². The third-order valence-corrected chi connectivity index (χ3v) is 3.62. The van der Waals surface area contributed by atoms with E-state index in [1.807, 2.05) is 32.0 Å². The third kappa shape index (κ3) is 2.99. The topological polar surface area (TPSA) is 54.0 Å². The lowest BCUT2D eigenvalue weighted by atomic mass is 10.1. The van der Waals surface area contributed by atoms with Gasteiger partial charge in [-0.05, 0) is 53.0 Å². The molecular formula is C15H16BrN3O. The molecule has 0 bridgehead atoms. The summed E-state index contributed by atoms with van der Waals surface area (Å²) < 4.78 is 0.766. The van der Waals surface area contributed by atoms with Crippen LogP contribution in [0.1, 0.15) is 21.5 Å². The molecule has 0 aliphatic rings. The predicted molar refractivity (Wildman–Crippen MR) is 85.4 cm³/mol. The molecule has 2 aromatic rings. The van der Waals surface area contributed by atoms with Gasteiger partial charge in [-0.2, -0.15) is 0 Å². The zero-order valence-corrected chi connectivity index (χ0v) is 13.2. The number of aromatic nitrogens is 1. The smallest absolute Gasteiger partial charge is 0.259 e. The minimum Gasteiger partial charge on any atom is -0.372 e.